The lowest BCUT2D eigenvalue weighted by atomic mass is 10.0. The van der Waals surface area contributed by atoms with Crippen LogP contribution in [0.4, 0.5) is 19.0 Å². The van der Waals surface area contributed by atoms with Crippen LogP contribution in [0.1, 0.15) is 18.1 Å². The number of para-hydroxylation sites is 1. The van der Waals surface area contributed by atoms with Crippen molar-refractivity contribution in [3.05, 3.63) is 58.9 Å². The number of aromatic nitrogens is 2. The molecular formula is C23H23ClF3N5O2. The minimum Gasteiger partial charge on any atom is -0.361 e. The number of hydrogen-bond donors (Lipinski definition) is 2. The number of H-pyrrole nitrogens is 1. The van der Waals surface area contributed by atoms with Gasteiger partial charge in [0.05, 0.1) is 10.6 Å². The number of rotatable bonds is 5. The summed E-state index contributed by atoms with van der Waals surface area (Å²) in [5.74, 6) is -0.275. The average molecular weight is 494 g/mol. The first kappa shape index (κ1) is 23.9. The van der Waals surface area contributed by atoms with Gasteiger partial charge in [-0.05, 0) is 17.7 Å². The van der Waals surface area contributed by atoms with Crippen LogP contribution in [0.25, 0.3) is 10.9 Å². The van der Waals surface area contributed by atoms with Crippen molar-refractivity contribution in [3.8, 4) is 0 Å². The molecule has 2 amide bonds. The SMILES string of the molecule is CC(=O)N[C@@H](Cc1c[nH]c2ccccc12)C(=O)N1CCN(c2ncc(C(F)(F)F)cc2Cl)CC1. The molecule has 0 saturated carbocycles. The maximum atomic E-state index is 13.3. The van der Waals surface area contributed by atoms with Crippen molar-refractivity contribution in [1.29, 1.82) is 0 Å². The Hall–Kier alpha value is -3.27. The number of nitrogens with one attached hydrogen (secondary N) is 2. The van der Waals surface area contributed by atoms with Crippen LogP contribution in [0.3, 0.4) is 0 Å². The molecule has 3 aromatic rings. The highest BCUT2D eigenvalue weighted by molar-refractivity contribution is 6.33. The molecule has 180 valence electrons. The summed E-state index contributed by atoms with van der Waals surface area (Å²) in [4.78, 5) is 35.5. The molecule has 0 unspecified atom stereocenters. The lowest BCUT2D eigenvalue weighted by Crippen LogP contribution is -2.55. The van der Waals surface area contributed by atoms with Crippen molar-refractivity contribution in [3.63, 3.8) is 0 Å². The number of pyridine rings is 1. The quantitative estimate of drug-likeness (QED) is 0.569. The molecule has 1 fully saturated rings. The number of carbonyl (C=O) groups excluding carboxylic acids is 2. The zero-order valence-electron chi connectivity index (χ0n) is 18.3. The Labute approximate surface area is 198 Å². The van der Waals surface area contributed by atoms with Crippen LogP contribution in [-0.4, -0.2) is 58.9 Å². The lowest BCUT2D eigenvalue weighted by Gasteiger charge is -2.37. The smallest absolute Gasteiger partial charge is 0.361 e. The summed E-state index contributed by atoms with van der Waals surface area (Å²) >= 11 is 6.07. The molecule has 2 N–H and O–H groups in total. The molecule has 3 heterocycles. The van der Waals surface area contributed by atoms with E-state index in [1.165, 1.54) is 6.92 Å². The number of fused-ring (bicyclic) bond motifs is 1. The normalized spacial score (nSPS) is 15.4. The number of benzene rings is 1. The number of alkyl halides is 3. The van der Waals surface area contributed by atoms with E-state index in [2.05, 4.69) is 15.3 Å². The van der Waals surface area contributed by atoms with Gasteiger partial charge in [-0.3, -0.25) is 9.59 Å². The first-order chi connectivity index (χ1) is 16.1. The molecule has 7 nitrogen and oxygen atoms in total. The van der Waals surface area contributed by atoms with E-state index in [0.29, 0.717) is 32.6 Å². The summed E-state index contributed by atoms with van der Waals surface area (Å²) in [6.45, 7) is 2.71. The zero-order chi connectivity index (χ0) is 24.5. The van der Waals surface area contributed by atoms with Gasteiger partial charge in [0.15, 0.2) is 0 Å². The zero-order valence-corrected chi connectivity index (χ0v) is 19.1. The average Bonchev–Trinajstić information content (AvgIpc) is 3.20. The summed E-state index contributed by atoms with van der Waals surface area (Å²) < 4.78 is 38.6. The van der Waals surface area contributed by atoms with E-state index in [0.717, 1.165) is 28.7 Å². The minimum atomic E-state index is -4.52. The van der Waals surface area contributed by atoms with Gasteiger partial charge in [-0.2, -0.15) is 13.2 Å². The van der Waals surface area contributed by atoms with Crippen molar-refractivity contribution in [1.82, 2.24) is 20.2 Å². The number of aromatic amines is 1. The van der Waals surface area contributed by atoms with Gasteiger partial charge in [0.25, 0.3) is 0 Å². The fraction of sp³-hybridized carbons (Fsp3) is 0.348. The monoisotopic (exact) mass is 493 g/mol. The number of amides is 2. The minimum absolute atomic E-state index is 0.0925. The molecule has 1 saturated heterocycles. The van der Waals surface area contributed by atoms with Gasteiger partial charge in [-0.15, -0.1) is 0 Å². The molecule has 1 aliphatic rings. The van der Waals surface area contributed by atoms with Gasteiger partial charge in [0.2, 0.25) is 11.8 Å². The van der Waals surface area contributed by atoms with E-state index in [-0.39, 0.29) is 22.7 Å². The molecule has 1 atom stereocenters. The Kier molecular flexibility index (Phi) is 6.70. The topological polar surface area (TPSA) is 81.3 Å². The van der Waals surface area contributed by atoms with E-state index in [1.807, 2.05) is 30.5 Å². The maximum absolute atomic E-state index is 13.3. The fourth-order valence-electron chi connectivity index (χ4n) is 4.14. The Morgan fingerprint density at radius 1 is 1.21 bits per heavy atom. The van der Waals surface area contributed by atoms with Crippen molar-refractivity contribution >= 4 is 40.1 Å². The van der Waals surface area contributed by atoms with Gasteiger partial charge in [-0.1, -0.05) is 29.8 Å². The number of carbonyl (C=O) groups is 2. The molecule has 0 aliphatic carbocycles. The van der Waals surface area contributed by atoms with Gasteiger partial charge in [0, 0.05) is 62.8 Å². The van der Waals surface area contributed by atoms with Crippen LogP contribution >= 0.6 is 11.6 Å². The molecule has 34 heavy (non-hydrogen) atoms. The van der Waals surface area contributed by atoms with Gasteiger partial charge < -0.3 is 20.1 Å². The van der Waals surface area contributed by atoms with Crippen LogP contribution in [0.15, 0.2) is 42.7 Å². The molecule has 1 aromatic carbocycles. The van der Waals surface area contributed by atoms with Crippen molar-refractivity contribution in [2.75, 3.05) is 31.1 Å². The number of hydrogen-bond acceptors (Lipinski definition) is 4. The lowest BCUT2D eigenvalue weighted by molar-refractivity contribution is -0.138. The first-order valence-corrected chi connectivity index (χ1v) is 11.1. The molecule has 4 rings (SSSR count). The Morgan fingerprint density at radius 3 is 2.56 bits per heavy atom. The summed E-state index contributed by atoms with van der Waals surface area (Å²) in [7, 11) is 0. The number of nitrogens with zero attached hydrogens (tertiary/aromatic N) is 3. The second kappa shape index (κ2) is 9.54. The second-order valence-corrected chi connectivity index (χ2v) is 8.56. The predicted octanol–water partition coefficient (Wildman–Crippen LogP) is 3.63. The predicted molar refractivity (Wildman–Crippen MR) is 123 cm³/mol. The first-order valence-electron chi connectivity index (χ1n) is 10.7. The van der Waals surface area contributed by atoms with Gasteiger partial charge >= 0.3 is 6.18 Å². The molecule has 0 radical (unpaired) electrons. The summed E-state index contributed by atoms with van der Waals surface area (Å²) in [5, 5.41) is 3.65. The number of piperazine rings is 1. The summed E-state index contributed by atoms with van der Waals surface area (Å²) in [6, 6.07) is 7.83. The third-order valence-electron chi connectivity index (χ3n) is 5.81. The Morgan fingerprint density at radius 2 is 1.91 bits per heavy atom. The molecule has 0 spiro atoms. The second-order valence-electron chi connectivity index (χ2n) is 8.16. The van der Waals surface area contributed by atoms with Crippen LogP contribution in [-0.2, 0) is 22.2 Å². The van der Waals surface area contributed by atoms with E-state index in [9.17, 15) is 22.8 Å². The van der Waals surface area contributed by atoms with Crippen LogP contribution in [0.2, 0.25) is 5.02 Å². The van der Waals surface area contributed by atoms with Crippen LogP contribution in [0.5, 0.6) is 0 Å². The highest BCUT2D eigenvalue weighted by atomic mass is 35.5. The van der Waals surface area contributed by atoms with Crippen molar-refractivity contribution < 1.29 is 22.8 Å². The van der Waals surface area contributed by atoms with E-state index < -0.39 is 17.8 Å². The molecular weight excluding hydrogens is 471 g/mol. The van der Waals surface area contributed by atoms with E-state index >= 15 is 0 Å². The third kappa shape index (κ3) is 5.11. The van der Waals surface area contributed by atoms with E-state index in [1.54, 1.807) is 9.80 Å². The number of halogens is 4. The van der Waals surface area contributed by atoms with Gasteiger partial charge in [0.1, 0.15) is 11.9 Å². The van der Waals surface area contributed by atoms with Gasteiger partial charge in [-0.25, -0.2) is 4.98 Å². The Bertz CT molecular complexity index is 1200. The molecule has 11 heteroatoms. The Balaban J connectivity index is 1.44. The standard InChI is InChI=1S/C23H23ClF3N5O2/c1-14(33)30-20(10-15-12-28-19-5-3-2-4-17(15)19)22(34)32-8-6-31(7-9-32)21-18(24)11-16(13-29-21)23(25,26)27/h2-5,11-13,20,28H,6-10H2,1H3,(H,30,33)/t20-/m0/s1. The highest BCUT2D eigenvalue weighted by Crippen LogP contribution is 2.33. The van der Waals surface area contributed by atoms with E-state index in [4.69, 9.17) is 11.6 Å². The third-order valence-corrected chi connectivity index (χ3v) is 6.09. The largest absolute Gasteiger partial charge is 0.417 e. The fourth-order valence-corrected chi connectivity index (χ4v) is 4.43. The molecule has 2 aromatic heterocycles. The van der Waals surface area contributed by atoms with Crippen molar-refractivity contribution in [2.24, 2.45) is 0 Å². The summed E-state index contributed by atoms with van der Waals surface area (Å²) in [5.41, 5.74) is 0.952. The van der Waals surface area contributed by atoms with Crippen LogP contribution in [0, 0.1) is 0 Å². The van der Waals surface area contributed by atoms with Crippen molar-refractivity contribution in [2.45, 2.75) is 25.6 Å². The molecule has 1 aliphatic heterocycles. The number of anilines is 1. The summed E-state index contributed by atoms with van der Waals surface area (Å²) in [6.07, 6.45) is -1.60. The maximum Gasteiger partial charge on any atom is 0.417 e. The molecule has 0 bridgehead atoms. The highest BCUT2D eigenvalue weighted by Gasteiger charge is 2.33. The van der Waals surface area contributed by atoms with Crippen LogP contribution < -0.4 is 10.2 Å².